The fourth-order valence-electron chi connectivity index (χ4n) is 3.36. The summed E-state index contributed by atoms with van der Waals surface area (Å²) in [6.45, 7) is 1.95. The van der Waals surface area contributed by atoms with Gasteiger partial charge in [0.25, 0.3) is 0 Å². The Bertz CT molecular complexity index is 944. The highest BCUT2D eigenvalue weighted by Crippen LogP contribution is 2.40. The molecule has 1 saturated heterocycles. The van der Waals surface area contributed by atoms with E-state index in [0.29, 0.717) is 6.42 Å². The Morgan fingerprint density at radius 1 is 1.32 bits per heavy atom. The van der Waals surface area contributed by atoms with Crippen molar-refractivity contribution >= 4 is 35.3 Å². The zero-order valence-corrected chi connectivity index (χ0v) is 16.6. The second-order valence-corrected chi connectivity index (χ2v) is 10.1. The molecule has 2 aliphatic rings. The maximum Gasteiger partial charge on any atom is 0.418 e. The van der Waals surface area contributed by atoms with E-state index >= 15 is 0 Å². The number of thioether (sulfide) groups is 1. The molecule has 11 heteroatoms. The predicted octanol–water partition coefficient (Wildman–Crippen LogP) is 2.89. The van der Waals surface area contributed by atoms with Crippen LogP contribution in [0.3, 0.4) is 0 Å². The largest absolute Gasteiger partial charge is 0.418 e. The molecule has 0 N–H and O–H groups in total. The summed E-state index contributed by atoms with van der Waals surface area (Å²) in [6.07, 6.45) is -2.56. The molecule has 0 spiro atoms. The van der Waals surface area contributed by atoms with Crippen LogP contribution < -0.4 is 4.90 Å². The number of hydrogen-bond donors (Lipinski definition) is 0. The fourth-order valence-corrected chi connectivity index (χ4v) is 6.59. The molecule has 5 nitrogen and oxygen atoms in total. The lowest BCUT2D eigenvalue weighted by molar-refractivity contribution is -0.137. The zero-order chi connectivity index (χ0) is 20.7. The second kappa shape index (κ2) is 7.65. The zero-order valence-electron chi connectivity index (χ0n) is 15.0. The summed E-state index contributed by atoms with van der Waals surface area (Å²) < 4.78 is 67.6. The van der Waals surface area contributed by atoms with E-state index in [0.717, 1.165) is 17.8 Å². The molecule has 1 aromatic rings. The Labute approximate surface area is 167 Å². The van der Waals surface area contributed by atoms with E-state index in [-0.39, 0.29) is 40.3 Å². The Kier molecular flexibility index (Phi) is 5.76. The van der Waals surface area contributed by atoms with Gasteiger partial charge >= 0.3 is 6.18 Å². The van der Waals surface area contributed by atoms with E-state index in [4.69, 9.17) is 13.1 Å². The molecular formula is C17H17BF3N3O2S2. The van der Waals surface area contributed by atoms with E-state index in [9.17, 15) is 21.6 Å². The first-order valence-electron chi connectivity index (χ1n) is 8.54. The van der Waals surface area contributed by atoms with Crippen molar-refractivity contribution in [3.63, 3.8) is 0 Å². The Balaban J connectivity index is 1.84. The SMILES string of the molecule is [B]C1CC=C(S(=O)(=O)N2CCN(c3ccc(C#N)cc3C(F)(F)F)C[C@H]2C)S1. The van der Waals surface area contributed by atoms with Crippen molar-refractivity contribution < 1.29 is 21.6 Å². The molecule has 1 aromatic carbocycles. The van der Waals surface area contributed by atoms with Crippen LogP contribution >= 0.6 is 11.8 Å². The number of hydrogen-bond acceptors (Lipinski definition) is 5. The number of alkyl halides is 3. The van der Waals surface area contributed by atoms with Gasteiger partial charge in [0.05, 0.1) is 25.0 Å². The molecule has 0 aromatic heterocycles. The van der Waals surface area contributed by atoms with Crippen molar-refractivity contribution in [3.05, 3.63) is 39.6 Å². The molecule has 28 heavy (non-hydrogen) atoms. The number of rotatable bonds is 3. The van der Waals surface area contributed by atoms with Crippen LogP contribution in [0.15, 0.2) is 28.5 Å². The van der Waals surface area contributed by atoms with Crippen molar-refractivity contribution in [2.24, 2.45) is 0 Å². The van der Waals surface area contributed by atoms with E-state index < -0.39 is 27.8 Å². The minimum Gasteiger partial charge on any atom is -0.368 e. The Morgan fingerprint density at radius 2 is 2.04 bits per heavy atom. The molecule has 2 radical (unpaired) electrons. The van der Waals surface area contributed by atoms with Crippen LogP contribution in [0.4, 0.5) is 18.9 Å². The van der Waals surface area contributed by atoms with Gasteiger partial charge in [-0.25, -0.2) is 8.42 Å². The quantitative estimate of drug-likeness (QED) is 0.695. The molecule has 148 valence electrons. The number of allylic oxidation sites excluding steroid dienone is 1. The summed E-state index contributed by atoms with van der Waals surface area (Å²) in [7, 11) is 2.04. The van der Waals surface area contributed by atoms with Gasteiger partial charge in [0.1, 0.15) is 4.24 Å². The highest BCUT2D eigenvalue weighted by atomic mass is 32.3. The van der Waals surface area contributed by atoms with E-state index in [2.05, 4.69) is 0 Å². The van der Waals surface area contributed by atoms with Crippen molar-refractivity contribution in [3.8, 4) is 6.07 Å². The normalized spacial score (nSPS) is 24.1. The third kappa shape index (κ3) is 4.04. The number of anilines is 1. The van der Waals surface area contributed by atoms with Gasteiger partial charge in [0, 0.05) is 31.4 Å². The first-order chi connectivity index (χ1) is 13.0. The van der Waals surface area contributed by atoms with Crippen LogP contribution in [0.2, 0.25) is 0 Å². The van der Waals surface area contributed by atoms with Gasteiger partial charge in [-0.1, -0.05) is 6.08 Å². The van der Waals surface area contributed by atoms with Gasteiger partial charge < -0.3 is 4.90 Å². The molecule has 3 rings (SSSR count). The molecule has 1 fully saturated rings. The van der Waals surface area contributed by atoms with Crippen LogP contribution in [0.1, 0.15) is 24.5 Å². The van der Waals surface area contributed by atoms with Crippen molar-refractivity contribution in [1.29, 1.82) is 5.26 Å². The fraction of sp³-hybridized carbons (Fsp3) is 0.471. The highest BCUT2D eigenvalue weighted by Gasteiger charge is 2.40. The second-order valence-electron chi connectivity index (χ2n) is 6.67. The molecule has 0 aliphatic carbocycles. The average molecular weight is 427 g/mol. The van der Waals surface area contributed by atoms with E-state index in [1.54, 1.807) is 19.1 Å². The standard InChI is InChI=1S/C17H17BF3N3O2S2/c1-11-10-23(14-3-2-12(9-22)8-13(14)17(19,20)21)6-7-24(11)28(25,26)16-5-4-15(18)27-16/h2-3,5,8,11,15H,4,6-7,10H2,1H3/t11-,15?/m1/s1. The molecule has 2 heterocycles. The van der Waals surface area contributed by atoms with Crippen molar-refractivity contribution in [2.75, 3.05) is 24.5 Å². The molecular weight excluding hydrogens is 410 g/mol. The van der Waals surface area contributed by atoms with Crippen molar-refractivity contribution in [1.82, 2.24) is 4.31 Å². The average Bonchev–Trinajstić information content (AvgIpc) is 3.07. The van der Waals surface area contributed by atoms with Crippen LogP contribution in [0.5, 0.6) is 0 Å². The Morgan fingerprint density at radius 3 is 2.57 bits per heavy atom. The van der Waals surface area contributed by atoms with Gasteiger partial charge in [-0.05, 0) is 36.7 Å². The van der Waals surface area contributed by atoms with Crippen LogP contribution in [0, 0.1) is 11.3 Å². The summed E-state index contributed by atoms with van der Waals surface area (Å²) in [4.78, 5) is 1.52. The minimum absolute atomic E-state index is 0.0492. The van der Waals surface area contributed by atoms with Crippen molar-refractivity contribution in [2.45, 2.75) is 30.7 Å². The maximum atomic E-state index is 13.5. The first kappa shape index (κ1) is 21.1. The number of nitriles is 1. The van der Waals surface area contributed by atoms with Gasteiger partial charge in [0.2, 0.25) is 10.0 Å². The maximum absolute atomic E-state index is 13.5. The molecule has 2 aliphatic heterocycles. The lowest BCUT2D eigenvalue weighted by Gasteiger charge is -2.41. The molecule has 0 saturated carbocycles. The first-order valence-corrected chi connectivity index (χ1v) is 10.9. The number of nitrogens with zero attached hydrogens (tertiary/aromatic N) is 3. The highest BCUT2D eigenvalue weighted by molar-refractivity contribution is 8.19. The molecule has 2 atom stereocenters. The minimum atomic E-state index is -4.62. The van der Waals surface area contributed by atoms with Crippen LogP contribution in [-0.2, 0) is 16.2 Å². The number of halogens is 3. The Hall–Kier alpha value is -1.64. The number of sulfonamides is 1. The summed E-state index contributed by atoms with van der Waals surface area (Å²) in [6, 6.07) is 4.62. The van der Waals surface area contributed by atoms with Gasteiger partial charge in [0.15, 0.2) is 0 Å². The summed E-state index contributed by atoms with van der Waals surface area (Å²) in [5.41, 5.74) is -1.02. The molecule has 1 unspecified atom stereocenters. The third-order valence-electron chi connectivity index (χ3n) is 4.69. The number of benzene rings is 1. The third-order valence-corrected chi connectivity index (χ3v) is 8.34. The van der Waals surface area contributed by atoms with Crippen LogP contribution in [0.25, 0.3) is 0 Å². The number of piperazine rings is 1. The van der Waals surface area contributed by atoms with E-state index in [1.165, 1.54) is 21.3 Å². The monoisotopic (exact) mass is 427 g/mol. The summed E-state index contributed by atoms with van der Waals surface area (Å²) in [5, 5.41) is 8.60. The van der Waals surface area contributed by atoms with Gasteiger partial charge in [-0.3, -0.25) is 0 Å². The predicted molar refractivity (Wildman–Crippen MR) is 103 cm³/mol. The van der Waals surface area contributed by atoms with Gasteiger partial charge in [-0.15, -0.1) is 11.8 Å². The summed E-state index contributed by atoms with van der Waals surface area (Å²) >= 11 is 1.09. The molecule has 0 bridgehead atoms. The van der Waals surface area contributed by atoms with Gasteiger partial charge in [-0.2, -0.15) is 22.7 Å². The lowest BCUT2D eigenvalue weighted by Crippen LogP contribution is -2.54. The van der Waals surface area contributed by atoms with E-state index in [1.807, 2.05) is 0 Å². The topological polar surface area (TPSA) is 64.4 Å². The molecule has 0 amide bonds. The van der Waals surface area contributed by atoms with Crippen LogP contribution in [-0.4, -0.2) is 51.4 Å². The smallest absolute Gasteiger partial charge is 0.368 e. The lowest BCUT2D eigenvalue weighted by atomic mass is 10.0. The summed E-state index contributed by atoms with van der Waals surface area (Å²) in [5.74, 6) is 0.